The predicted octanol–water partition coefficient (Wildman–Crippen LogP) is 2.71. The maximum Gasteiger partial charge on any atom is 0.0653 e. The van der Waals surface area contributed by atoms with Crippen molar-refractivity contribution in [1.29, 1.82) is 0 Å². The molecule has 0 spiro atoms. The van der Waals surface area contributed by atoms with Crippen LogP contribution in [0, 0.1) is 0 Å². The monoisotopic (exact) mass is 122 g/mol. The Labute approximate surface area is 59.8 Å². The van der Waals surface area contributed by atoms with E-state index in [-0.39, 0.29) is 0 Å². The summed E-state index contributed by atoms with van der Waals surface area (Å²) in [6.45, 7) is 2.19. The van der Waals surface area contributed by atoms with E-state index in [2.05, 4.69) is 19.1 Å². The summed E-state index contributed by atoms with van der Waals surface area (Å²) in [5.41, 5.74) is 0. The first-order valence-electron chi connectivity index (χ1n) is 3.77. The molecule has 0 aliphatic carbocycles. The molecule has 50 valence electrons. The Morgan fingerprint density at radius 3 is 2.44 bits per heavy atom. The summed E-state index contributed by atoms with van der Waals surface area (Å²) in [5, 5.41) is 0. The van der Waals surface area contributed by atoms with Gasteiger partial charge in [-0.25, -0.2) is 0 Å². The van der Waals surface area contributed by atoms with Gasteiger partial charge in [-0.05, 0) is 12.8 Å². The normalized spacial score (nSPS) is 10.8. The molecule has 9 heavy (non-hydrogen) atoms. The second kappa shape index (κ2) is 7.80. The Kier molecular flexibility index (Phi) is 7.64. The molecule has 2 radical (unpaired) electrons. The summed E-state index contributed by atoms with van der Waals surface area (Å²) >= 11 is 0. The zero-order valence-corrected chi connectivity index (χ0v) is 6.27. The van der Waals surface area contributed by atoms with E-state index in [1.807, 2.05) is 0 Å². The van der Waals surface area contributed by atoms with Crippen LogP contribution in [0.25, 0.3) is 0 Å². The molecule has 0 saturated carbocycles. The highest BCUT2D eigenvalue weighted by Crippen LogP contribution is 1.96. The lowest BCUT2D eigenvalue weighted by Gasteiger charge is -1.87. The van der Waals surface area contributed by atoms with Gasteiger partial charge in [0.15, 0.2) is 0 Å². The van der Waals surface area contributed by atoms with Gasteiger partial charge in [0.2, 0.25) is 0 Å². The minimum absolute atomic E-state index is 0.816. The van der Waals surface area contributed by atoms with Crippen LogP contribution in [0.15, 0.2) is 12.2 Å². The second-order valence-electron chi connectivity index (χ2n) is 2.19. The molecule has 1 heteroatoms. The SMILES string of the molecule is [B]CCCC=CCCC. The molecule has 0 aliphatic rings. The first kappa shape index (κ1) is 8.80. The fraction of sp³-hybridized carbons (Fsp3) is 0.750. The van der Waals surface area contributed by atoms with Crippen LogP contribution in [0.2, 0.25) is 6.32 Å². The van der Waals surface area contributed by atoms with Gasteiger partial charge in [0.25, 0.3) is 0 Å². The van der Waals surface area contributed by atoms with Crippen molar-refractivity contribution in [3.05, 3.63) is 12.2 Å². The Morgan fingerprint density at radius 1 is 1.22 bits per heavy atom. The largest absolute Gasteiger partial charge is 0.0886 e. The van der Waals surface area contributed by atoms with Gasteiger partial charge >= 0.3 is 0 Å². The number of unbranched alkanes of at least 4 members (excludes halogenated alkanes) is 2. The van der Waals surface area contributed by atoms with Crippen molar-refractivity contribution in [2.75, 3.05) is 0 Å². The van der Waals surface area contributed by atoms with Crippen LogP contribution >= 0.6 is 0 Å². The Balaban J connectivity index is 2.86. The van der Waals surface area contributed by atoms with E-state index in [9.17, 15) is 0 Å². The van der Waals surface area contributed by atoms with Crippen LogP contribution in [0.4, 0.5) is 0 Å². The summed E-state index contributed by atoms with van der Waals surface area (Å²) in [5.74, 6) is 0. The van der Waals surface area contributed by atoms with Crippen LogP contribution in [0.3, 0.4) is 0 Å². The van der Waals surface area contributed by atoms with Crippen LogP contribution < -0.4 is 0 Å². The lowest BCUT2D eigenvalue weighted by Crippen LogP contribution is -1.69. The van der Waals surface area contributed by atoms with Crippen LogP contribution in [0.1, 0.15) is 32.6 Å². The second-order valence-corrected chi connectivity index (χ2v) is 2.19. The lowest BCUT2D eigenvalue weighted by molar-refractivity contribution is 0.920. The zero-order valence-electron chi connectivity index (χ0n) is 6.27. The third kappa shape index (κ3) is 7.80. The minimum Gasteiger partial charge on any atom is -0.0886 e. The molecular formula is C8H15B. The van der Waals surface area contributed by atoms with Crippen LogP contribution in [0.5, 0.6) is 0 Å². The van der Waals surface area contributed by atoms with E-state index in [4.69, 9.17) is 7.85 Å². The zero-order chi connectivity index (χ0) is 6.95. The molecule has 0 amide bonds. The number of hydrogen-bond donors (Lipinski definition) is 0. The van der Waals surface area contributed by atoms with Gasteiger partial charge in [-0.2, -0.15) is 0 Å². The Hall–Kier alpha value is -0.195. The van der Waals surface area contributed by atoms with Gasteiger partial charge < -0.3 is 0 Å². The van der Waals surface area contributed by atoms with Crippen molar-refractivity contribution >= 4 is 7.85 Å². The molecule has 0 N–H and O–H groups in total. The highest BCUT2D eigenvalue weighted by molar-refractivity contribution is 6.08. The van der Waals surface area contributed by atoms with Crippen molar-refractivity contribution in [2.45, 2.75) is 38.9 Å². The van der Waals surface area contributed by atoms with Crippen LogP contribution in [-0.2, 0) is 0 Å². The topological polar surface area (TPSA) is 0 Å². The molecule has 0 nitrogen and oxygen atoms in total. The summed E-state index contributed by atoms with van der Waals surface area (Å²) in [7, 11) is 5.31. The molecular weight excluding hydrogens is 107 g/mol. The molecule has 0 aromatic rings. The van der Waals surface area contributed by atoms with Gasteiger partial charge in [-0.15, -0.1) is 0 Å². The smallest absolute Gasteiger partial charge is 0.0653 e. The fourth-order valence-electron chi connectivity index (χ4n) is 0.638. The van der Waals surface area contributed by atoms with Gasteiger partial charge in [-0.1, -0.05) is 38.2 Å². The van der Waals surface area contributed by atoms with Gasteiger partial charge in [0, 0.05) is 0 Å². The van der Waals surface area contributed by atoms with Gasteiger partial charge in [0.1, 0.15) is 0 Å². The summed E-state index contributed by atoms with van der Waals surface area (Å²) < 4.78 is 0. The summed E-state index contributed by atoms with van der Waals surface area (Å²) in [4.78, 5) is 0. The third-order valence-electron chi connectivity index (χ3n) is 1.20. The number of rotatable bonds is 5. The number of allylic oxidation sites excluding steroid dienone is 2. The fourth-order valence-corrected chi connectivity index (χ4v) is 0.638. The van der Waals surface area contributed by atoms with E-state index in [0.29, 0.717) is 0 Å². The van der Waals surface area contributed by atoms with Crippen molar-refractivity contribution in [1.82, 2.24) is 0 Å². The van der Waals surface area contributed by atoms with Crippen molar-refractivity contribution in [2.24, 2.45) is 0 Å². The van der Waals surface area contributed by atoms with E-state index in [1.54, 1.807) is 0 Å². The quantitative estimate of drug-likeness (QED) is 0.298. The standard InChI is InChI=1S/C8H15B/c1-2-3-4-5-6-7-8-9/h4-5H,2-3,6-8H2,1H3. The molecule has 0 heterocycles. The van der Waals surface area contributed by atoms with Crippen molar-refractivity contribution < 1.29 is 0 Å². The van der Waals surface area contributed by atoms with Crippen molar-refractivity contribution in [3.63, 3.8) is 0 Å². The first-order chi connectivity index (χ1) is 4.41. The molecule has 0 unspecified atom stereocenters. The highest BCUT2D eigenvalue weighted by atomic mass is 13.8. The van der Waals surface area contributed by atoms with E-state index >= 15 is 0 Å². The maximum absolute atomic E-state index is 5.31. The first-order valence-corrected chi connectivity index (χ1v) is 3.77. The van der Waals surface area contributed by atoms with E-state index in [1.165, 1.54) is 12.8 Å². The molecule has 0 bridgehead atoms. The molecule has 0 aliphatic heterocycles. The molecule has 0 fully saturated rings. The Bertz CT molecular complexity index is 67.0. The average molecular weight is 122 g/mol. The Morgan fingerprint density at radius 2 is 1.89 bits per heavy atom. The van der Waals surface area contributed by atoms with E-state index < -0.39 is 0 Å². The van der Waals surface area contributed by atoms with Crippen LogP contribution in [-0.4, -0.2) is 7.85 Å². The molecule has 0 aromatic heterocycles. The maximum atomic E-state index is 5.31. The lowest BCUT2D eigenvalue weighted by atomic mass is 10.0. The summed E-state index contributed by atoms with van der Waals surface area (Å²) in [6, 6.07) is 0. The highest BCUT2D eigenvalue weighted by Gasteiger charge is 1.76. The molecule has 0 atom stereocenters. The molecule has 0 saturated heterocycles. The molecule has 0 aromatic carbocycles. The minimum atomic E-state index is 0.816. The van der Waals surface area contributed by atoms with E-state index in [0.717, 1.165) is 19.2 Å². The van der Waals surface area contributed by atoms with Gasteiger partial charge in [0.05, 0.1) is 7.85 Å². The third-order valence-corrected chi connectivity index (χ3v) is 1.20. The molecule has 0 rings (SSSR count). The number of hydrogen-bond acceptors (Lipinski definition) is 0. The predicted molar refractivity (Wildman–Crippen MR) is 43.8 cm³/mol. The average Bonchev–Trinajstić information content (AvgIpc) is 1.89. The van der Waals surface area contributed by atoms with Crippen molar-refractivity contribution in [3.8, 4) is 0 Å². The van der Waals surface area contributed by atoms with Gasteiger partial charge in [-0.3, -0.25) is 0 Å². The summed E-state index contributed by atoms with van der Waals surface area (Å²) in [6.07, 6.45) is 10.0.